The van der Waals surface area contributed by atoms with Crippen LogP contribution in [0.3, 0.4) is 0 Å². The van der Waals surface area contributed by atoms with Crippen LogP contribution in [-0.2, 0) is 9.53 Å². The van der Waals surface area contributed by atoms with Crippen LogP contribution in [0.25, 0.3) is 23.0 Å². The Hall–Kier alpha value is -5.22. The Morgan fingerprint density at radius 3 is 2.44 bits per heavy atom. The first-order chi connectivity index (χ1) is 23.2. The van der Waals surface area contributed by atoms with Crippen molar-refractivity contribution >= 4 is 23.4 Å². The minimum Gasteiger partial charge on any atom is -0.497 e. The number of allylic oxidation sites excluding steroid dienone is 1. The minimum absolute atomic E-state index is 0.267. The van der Waals surface area contributed by atoms with Crippen molar-refractivity contribution in [3.05, 3.63) is 127 Å². The first-order valence-corrected chi connectivity index (χ1v) is 16.6. The van der Waals surface area contributed by atoms with E-state index in [0.717, 1.165) is 45.8 Å². The quantitative estimate of drug-likeness (QED) is 0.170. The Morgan fingerprint density at radius 1 is 1.02 bits per heavy atom. The van der Waals surface area contributed by atoms with E-state index in [4.69, 9.17) is 24.3 Å². The number of hydrogen-bond acceptors (Lipinski definition) is 8. The third kappa shape index (κ3) is 6.48. The molecule has 1 aliphatic heterocycles. The lowest BCUT2D eigenvalue weighted by Gasteiger charge is -2.24. The number of aryl methyl sites for hydroxylation is 1. The molecule has 0 spiro atoms. The average Bonchev–Trinajstić information content (AvgIpc) is 3.65. The van der Waals surface area contributed by atoms with E-state index < -0.39 is 12.0 Å². The molecular formula is C38H38N4O5S. The zero-order valence-electron chi connectivity index (χ0n) is 27.9. The Balaban J connectivity index is 1.49. The summed E-state index contributed by atoms with van der Waals surface area (Å²) < 4.78 is 20.4. The number of benzene rings is 3. The standard InChI is InChI=1S/C38H38N4O5S/c1-23(2)18-19-47-31-17-14-27(20-24(31)3)34-28(22-41(40-34)29-10-8-7-9-11-29)21-32-36(43)42-35(26-12-15-30(45-5)16-13-26)33(37(44)46-6)25(4)39-38(42)48-32/h7-17,20-23,35H,18-19H2,1-6H3. The van der Waals surface area contributed by atoms with Crippen molar-refractivity contribution in [2.75, 3.05) is 20.8 Å². The van der Waals surface area contributed by atoms with Gasteiger partial charge in [-0.25, -0.2) is 14.5 Å². The van der Waals surface area contributed by atoms with Crippen molar-refractivity contribution in [2.45, 2.75) is 40.2 Å². The number of nitrogens with zero attached hydrogens (tertiary/aromatic N) is 4. The van der Waals surface area contributed by atoms with Crippen LogP contribution in [0, 0.1) is 12.8 Å². The Labute approximate surface area is 283 Å². The Bertz CT molecular complexity index is 2180. The second-order valence-corrected chi connectivity index (χ2v) is 13.1. The number of para-hydroxylation sites is 1. The van der Waals surface area contributed by atoms with Crippen molar-refractivity contribution < 1.29 is 19.0 Å². The van der Waals surface area contributed by atoms with Gasteiger partial charge in [0.1, 0.15) is 17.2 Å². The highest BCUT2D eigenvalue weighted by molar-refractivity contribution is 7.07. The van der Waals surface area contributed by atoms with Crippen LogP contribution in [-0.4, -0.2) is 41.1 Å². The van der Waals surface area contributed by atoms with Crippen LogP contribution in [0.2, 0.25) is 0 Å². The number of carbonyl (C=O) groups excluding carboxylic acids is 1. The number of methoxy groups -OCH3 is 2. The topological polar surface area (TPSA) is 96.9 Å². The first kappa shape index (κ1) is 32.7. The number of esters is 1. The van der Waals surface area contributed by atoms with E-state index in [1.165, 1.54) is 18.4 Å². The monoisotopic (exact) mass is 662 g/mol. The number of carbonyl (C=O) groups is 1. The number of fused-ring (bicyclic) bond motifs is 1. The fourth-order valence-corrected chi connectivity index (χ4v) is 6.77. The van der Waals surface area contributed by atoms with Gasteiger partial charge in [0.25, 0.3) is 5.56 Å². The predicted molar refractivity (Wildman–Crippen MR) is 187 cm³/mol. The summed E-state index contributed by atoms with van der Waals surface area (Å²) in [4.78, 5) is 32.6. The smallest absolute Gasteiger partial charge is 0.338 e. The van der Waals surface area contributed by atoms with Gasteiger partial charge in [-0.15, -0.1) is 0 Å². The van der Waals surface area contributed by atoms with Gasteiger partial charge >= 0.3 is 5.97 Å². The fraction of sp³-hybridized carbons (Fsp3) is 0.263. The number of thiazole rings is 1. The lowest BCUT2D eigenvalue weighted by molar-refractivity contribution is -0.136. The highest BCUT2D eigenvalue weighted by atomic mass is 32.1. The maximum atomic E-state index is 14.3. The molecule has 2 aromatic heterocycles. The molecule has 0 fully saturated rings. The average molecular weight is 663 g/mol. The molecule has 48 heavy (non-hydrogen) atoms. The third-order valence-corrected chi connectivity index (χ3v) is 9.29. The van der Waals surface area contributed by atoms with Crippen LogP contribution in [0.5, 0.6) is 11.5 Å². The maximum Gasteiger partial charge on any atom is 0.338 e. The van der Waals surface area contributed by atoms with E-state index in [-0.39, 0.29) is 5.56 Å². The molecule has 1 atom stereocenters. The molecule has 0 N–H and O–H groups in total. The summed E-state index contributed by atoms with van der Waals surface area (Å²) in [6.07, 6.45) is 4.76. The zero-order valence-corrected chi connectivity index (χ0v) is 28.7. The molecule has 246 valence electrons. The van der Waals surface area contributed by atoms with Crippen LogP contribution in [0.1, 0.15) is 49.9 Å². The molecular weight excluding hydrogens is 625 g/mol. The van der Waals surface area contributed by atoms with Crippen molar-refractivity contribution in [3.63, 3.8) is 0 Å². The normalized spacial score (nSPS) is 14.6. The fourth-order valence-electron chi connectivity index (χ4n) is 5.73. The largest absolute Gasteiger partial charge is 0.497 e. The van der Waals surface area contributed by atoms with Gasteiger partial charge in [-0.1, -0.05) is 55.5 Å². The molecule has 0 saturated carbocycles. The molecule has 9 nitrogen and oxygen atoms in total. The summed E-state index contributed by atoms with van der Waals surface area (Å²) in [5.41, 5.74) is 5.56. The molecule has 0 saturated heterocycles. The Kier molecular flexibility index (Phi) is 9.45. The van der Waals surface area contributed by atoms with E-state index in [2.05, 4.69) is 19.9 Å². The number of aromatic nitrogens is 3. The lowest BCUT2D eigenvalue weighted by Crippen LogP contribution is -2.39. The molecule has 10 heteroatoms. The van der Waals surface area contributed by atoms with Gasteiger partial charge in [0, 0.05) is 17.3 Å². The van der Waals surface area contributed by atoms with Crippen LogP contribution < -0.4 is 24.4 Å². The van der Waals surface area contributed by atoms with Gasteiger partial charge in [-0.05, 0) is 85.9 Å². The van der Waals surface area contributed by atoms with E-state index in [1.807, 2.05) is 90.6 Å². The lowest BCUT2D eigenvalue weighted by atomic mass is 9.96. The summed E-state index contributed by atoms with van der Waals surface area (Å²) in [5.74, 6) is 1.53. The van der Waals surface area contributed by atoms with Crippen LogP contribution >= 0.6 is 11.3 Å². The van der Waals surface area contributed by atoms with E-state index in [9.17, 15) is 9.59 Å². The maximum absolute atomic E-state index is 14.3. The SMILES string of the molecule is COC(=O)C1=C(C)N=c2sc(=Cc3cn(-c4ccccc4)nc3-c3ccc(OCCC(C)C)c(C)c3)c(=O)n2C1c1ccc(OC)cc1. The molecule has 0 amide bonds. The summed E-state index contributed by atoms with van der Waals surface area (Å²) in [6.45, 7) is 8.81. The summed E-state index contributed by atoms with van der Waals surface area (Å²) >= 11 is 1.27. The summed E-state index contributed by atoms with van der Waals surface area (Å²) in [5, 5.41) is 4.99. The van der Waals surface area contributed by atoms with Crippen LogP contribution in [0.15, 0.2) is 100 Å². The number of ether oxygens (including phenoxy) is 3. The second-order valence-electron chi connectivity index (χ2n) is 12.1. The van der Waals surface area contributed by atoms with Crippen molar-refractivity contribution in [1.29, 1.82) is 0 Å². The molecule has 1 aliphatic rings. The van der Waals surface area contributed by atoms with Gasteiger partial charge in [-0.2, -0.15) is 5.10 Å². The van der Waals surface area contributed by atoms with Crippen molar-refractivity contribution in [1.82, 2.24) is 14.3 Å². The molecule has 0 bridgehead atoms. The number of rotatable bonds is 10. The van der Waals surface area contributed by atoms with Gasteiger partial charge in [0.2, 0.25) is 0 Å². The Morgan fingerprint density at radius 2 is 1.77 bits per heavy atom. The van der Waals surface area contributed by atoms with Crippen molar-refractivity contribution in [3.8, 4) is 28.4 Å². The molecule has 1 unspecified atom stereocenters. The van der Waals surface area contributed by atoms with Gasteiger partial charge in [0.15, 0.2) is 4.80 Å². The van der Waals surface area contributed by atoms with Gasteiger partial charge in [0.05, 0.1) is 48.4 Å². The van der Waals surface area contributed by atoms with E-state index in [0.29, 0.717) is 38.9 Å². The van der Waals surface area contributed by atoms with E-state index >= 15 is 0 Å². The molecule has 3 heterocycles. The summed E-state index contributed by atoms with van der Waals surface area (Å²) in [7, 11) is 2.92. The van der Waals surface area contributed by atoms with Gasteiger partial charge in [-0.3, -0.25) is 9.36 Å². The molecule has 5 aromatic rings. The molecule has 0 radical (unpaired) electrons. The highest BCUT2D eigenvalue weighted by Crippen LogP contribution is 2.32. The highest BCUT2D eigenvalue weighted by Gasteiger charge is 2.33. The molecule has 0 aliphatic carbocycles. The predicted octanol–water partition coefficient (Wildman–Crippen LogP) is 6.00. The first-order valence-electron chi connectivity index (χ1n) is 15.8. The second kappa shape index (κ2) is 13.9. The third-order valence-electron chi connectivity index (χ3n) is 8.31. The van der Waals surface area contributed by atoms with E-state index in [1.54, 1.807) is 18.6 Å². The van der Waals surface area contributed by atoms with Crippen molar-refractivity contribution in [2.24, 2.45) is 10.9 Å². The summed E-state index contributed by atoms with van der Waals surface area (Å²) in [6, 6.07) is 22.5. The molecule has 3 aromatic carbocycles. The zero-order chi connectivity index (χ0) is 33.9. The van der Waals surface area contributed by atoms with Gasteiger partial charge < -0.3 is 14.2 Å². The number of hydrogen-bond donors (Lipinski definition) is 0. The molecule has 6 rings (SSSR count). The minimum atomic E-state index is -0.723. The van der Waals surface area contributed by atoms with Crippen LogP contribution in [0.4, 0.5) is 0 Å².